The minimum absolute atomic E-state index is 0. The third-order valence-electron chi connectivity index (χ3n) is 5.48. The van der Waals surface area contributed by atoms with E-state index in [1.54, 1.807) is 7.05 Å². The van der Waals surface area contributed by atoms with Crippen LogP contribution in [-0.4, -0.2) is 47.4 Å². The van der Waals surface area contributed by atoms with E-state index in [9.17, 15) is 9.59 Å². The third kappa shape index (κ3) is 4.34. The highest BCUT2D eigenvalue weighted by atomic mass is 16.5. The number of rotatable bonds is 4. The lowest BCUT2D eigenvalue weighted by Gasteiger charge is -2.20. The largest absolute Gasteiger partial charge is 0.489 e. The zero-order valence-corrected chi connectivity index (χ0v) is 17.7. The number of hydrogen-bond acceptors (Lipinski definition) is 7. The highest BCUT2D eigenvalue weighted by molar-refractivity contribution is 6.03. The van der Waals surface area contributed by atoms with Gasteiger partial charge in [0, 0.05) is 19.2 Å². The number of ether oxygens (including phenoxy) is 1. The summed E-state index contributed by atoms with van der Waals surface area (Å²) in [6.45, 7) is 1.96. The Kier molecular flexibility index (Phi) is 5.95. The summed E-state index contributed by atoms with van der Waals surface area (Å²) in [7, 11) is 1.65. The van der Waals surface area contributed by atoms with Crippen molar-refractivity contribution in [2.45, 2.75) is 33.2 Å². The second kappa shape index (κ2) is 8.85. The lowest BCUT2D eigenvalue weighted by Crippen LogP contribution is -2.49. The normalized spacial score (nSPS) is 16.7. The Balaban J connectivity index is 0.00000259. The van der Waals surface area contributed by atoms with Crippen LogP contribution in [0.5, 0.6) is 5.75 Å². The molecule has 2 aliphatic heterocycles. The van der Waals surface area contributed by atoms with Gasteiger partial charge in [-0.2, -0.15) is 0 Å². The van der Waals surface area contributed by atoms with Gasteiger partial charge < -0.3 is 19.4 Å². The van der Waals surface area contributed by atoms with Crippen LogP contribution in [0.1, 0.15) is 42.1 Å². The number of benzene rings is 2. The maximum Gasteiger partial charge on any atom is 0.309 e. The standard InChI is InChI=1S/C23H21N5O4.CH4/c1-13-8-15-10-19-18(11-16(15)24-13)28(2)23(30)17(12-31-19)25-21(29)22-27-26-20(32-22)9-14-6-4-3-5-7-14;/h3-7,10-11,17H,8-9,12H2,1-2H3,(H,25,29);1H4/t17-;/m0./s1. The van der Waals surface area contributed by atoms with Crippen LogP contribution in [-0.2, 0) is 17.6 Å². The molecule has 0 spiro atoms. The van der Waals surface area contributed by atoms with E-state index in [1.165, 1.54) is 4.90 Å². The summed E-state index contributed by atoms with van der Waals surface area (Å²) in [6.07, 6.45) is 1.17. The van der Waals surface area contributed by atoms with Crippen molar-refractivity contribution in [3.05, 3.63) is 65.4 Å². The maximum atomic E-state index is 13.0. The lowest BCUT2D eigenvalue weighted by molar-refractivity contribution is -0.120. The second-order valence-electron chi connectivity index (χ2n) is 7.87. The number of amides is 2. The predicted octanol–water partition coefficient (Wildman–Crippen LogP) is 3.10. The minimum Gasteiger partial charge on any atom is -0.489 e. The van der Waals surface area contributed by atoms with E-state index >= 15 is 0 Å². The van der Waals surface area contributed by atoms with E-state index in [0.29, 0.717) is 23.7 Å². The van der Waals surface area contributed by atoms with Crippen molar-refractivity contribution >= 4 is 28.9 Å². The van der Waals surface area contributed by atoms with Crippen molar-refractivity contribution in [2.75, 3.05) is 18.6 Å². The molecule has 0 aliphatic carbocycles. The lowest BCUT2D eigenvalue weighted by atomic mass is 10.1. The Morgan fingerprint density at radius 1 is 1.21 bits per heavy atom. The molecule has 9 heteroatoms. The van der Waals surface area contributed by atoms with Crippen molar-refractivity contribution in [2.24, 2.45) is 4.99 Å². The van der Waals surface area contributed by atoms with Crippen LogP contribution in [0.25, 0.3) is 0 Å². The first-order valence-electron chi connectivity index (χ1n) is 10.3. The average Bonchev–Trinajstić information content (AvgIpc) is 3.38. The smallest absolute Gasteiger partial charge is 0.309 e. The van der Waals surface area contributed by atoms with Crippen LogP contribution < -0.4 is 15.0 Å². The molecule has 1 N–H and O–H groups in total. The molecule has 0 saturated heterocycles. The number of nitrogens with one attached hydrogen (secondary N) is 1. The monoisotopic (exact) mass is 447 g/mol. The van der Waals surface area contributed by atoms with Gasteiger partial charge >= 0.3 is 11.8 Å². The van der Waals surface area contributed by atoms with Crippen molar-refractivity contribution < 1.29 is 18.7 Å². The fourth-order valence-corrected chi connectivity index (χ4v) is 3.85. The summed E-state index contributed by atoms with van der Waals surface area (Å²) < 4.78 is 11.4. The van der Waals surface area contributed by atoms with Crippen LogP contribution in [0.2, 0.25) is 0 Å². The van der Waals surface area contributed by atoms with Gasteiger partial charge in [-0.3, -0.25) is 14.6 Å². The summed E-state index contributed by atoms with van der Waals surface area (Å²) in [5.41, 5.74) is 4.52. The average molecular weight is 447 g/mol. The molecule has 2 aromatic carbocycles. The van der Waals surface area contributed by atoms with Crippen LogP contribution in [0, 0.1) is 0 Å². The summed E-state index contributed by atoms with van der Waals surface area (Å²) in [4.78, 5) is 31.7. The van der Waals surface area contributed by atoms with Gasteiger partial charge in [-0.25, -0.2) is 0 Å². The minimum atomic E-state index is -0.899. The number of nitrogens with zero attached hydrogens (tertiary/aromatic N) is 4. The number of aliphatic imine (C=N–C) groups is 1. The molecule has 170 valence electrons. The fraction of sp³-hybridized carbons (Fsp3) is 0.292. The fourth-order valence-electron chi connectivity index (χ4n) is 3.85. The number of aromatic nitrogens is 2. The summed E-state index contributed by atoms with van der Waals surface area (Å²) >= 11 is 0. The zero-order chi connectivity index (χ0) is 22.2. The molecule has 0 radical (unpaired) electrons. The van der Waals surface area contributed by atoms with Gasteiger partial charge in [0.1, 0.15) is 18.4 Å². The van der Waals surface area contributed by atoms with Crippen LogP contribution in [0.4, 0.5) is 11.4 Å². The second-order valence-corrected chi connectivity index (χ2v) is 7.87. The Morgan fingerprint density at radius 2 is 2.00 bits per heavy atom. The molecule has 1 aromatic heterocycles. The van der Waals surface area contributed by atoms with Crippen molar-refractivity contribution in [1.82, 2.24) is 15.5 Å². The molecule has 0 bridgehead atoms. The molecule has 9 nitrogen and oxygen atoms in total. The Hall–Kier alpha value is -4.01. The van der Waals surface area contributed by atoms with E-state index in [1.807, 2.05) is 49.4 Å². The summed E-state index contributed by atoms with van der Waals surface area (Å²) in [6, 6.07) is 12.5. The molecule has 3 aromatic rings. The number of carbonyl (C=O) groups is 2. The highest BCUT2D eigenvalue weighted by Gasteiger charge is 2.33. The van der Waals surface area contributed by atoms with Gasteiger partial charge in [0.25, 0.3) is 5.91 Å². The number of fused-ring (bicyclic) bond motifs is 2. The molecular weight excluding hydrogens is 422 g/mol. The Morgan fingerprint density at radius 3 is 2.79 bits per heavy atom. The predicted molar refractivity (Wildman–Crippen MR) is 123 cm³/mol. The maximum absolute atomic E-state index is 13.0. The van der Waals surface area contributed by atoms with Crippen molar-refractivity contribution in [3.8, 4) is 5.75 Å². The molecule has 33 heavy (non-hydrogen) atoms. The molecule has 0 fully saturated rings. The summed E-state index contributed by atoms with van der Waals surface area (Å²) in [5, 5.41) is 10.4. The van der Waals surface area contributed by atoms with Gasteiger partial charge in [0.2, 0.25) is 5.89 Å². The van der Waals surface area contributed by atoms with E-state index in [2.05, 4.69) is 20.5 Å². The summed E-state index contributed by atoms with van der Waals surface area (Å²) in [5.74, 6) is -0.221. The first-order valence-corrected chi connectivity index (χ1v) is 10.3. The van der Waals surface area contributed by atoms with E-state index in [4.69, 9.17) is 9.15 Å². The van der Waals surface area contributed by atoms with Crippen LogP contribution in [0.3, 0.4) is 0 Å². The molecule has 0 unspecified atom stereocenters. The SMILES string of the molecule is C.CC1=Nc2cc3c(cc2C1)OC[C@H](NC(=O)c1nnc(Cc2ccccc2)o1)C(=O)N3C. The first-order chi connectivity index (χ1) is 15.5. The number of carbonyl (C=O) groups excluding carboxylic acids is 2. The van der Waals surface area contributed by atoms with Crippen LogP contribution >= 0.6 is 0 Å². The molecule has 2 aliphatic rings. The van der Waals surface area contributed by atoms with Gasteiger partial charge in [0.05, 0.1) is 17.8 Å². The quantitative estimate of drug-likeness (QED) is 0.658. The molecule has 5 rings (SSSR count). The number of likely N-dealkylation sites (N-methyl/N-ethyl adjacent to an activating group) is 1. The van der Waals surface area contributed by atoms with E-state index < -0.39 is 11.9 Å². The first kappa shape index (κ1) is 22.2. The van der Waals surface area contributed by atoms with Gasteiger partial charge in [-0.05, 0) is 30.2 Å². The molecule has 1 atom stereocenters. The van der Waals surface area contributed by atoms with Gasteiger partial charge in [0.15, 0.2) is 0 Å². The van der Waals surface area contributed by atoms with Crippen molar-refractivity contribution in [3.63, 3.8) is 0 Å². The molecule has 0 saturated carbocycles. The van der Waals surface area contributed by atoms with E-state index in [0.717, 1.165) is 28.9 Å². The number of hydrogen-bond donors (Lipinski definition) is 1. The van der Waals surface area contributed by atoms with Crippen molar-refractivity contribution in [1.29, 1.82) is 0 Å². The van der Waals surface area contributed by atoms with Gasteiger partial charge in [-0.15, -0.1) is 10.2 Å². The zero-order valence-electron chi connectivity index (χ0n) is 17.7. The molecular formula is C24H25N5O4. The van der Waals surface area contributed by atoms with Crippen LogP contribution in [0.15, 0.2) is 51.9 Å². The Labute approximate surface area is 191 Å². The molecule has 2 amide bonds. The Bertz CT molecular complexity index is 1230. The van der Waals surface area contributed by atoms with E-state index in [-0.39, 0.29) is 25.8 Å². The molecule has 3 heterocycles. The number of anilines is 1. The highest BCUT2D eigenvalue weighted by Crippen LogP contribution is 2.39. The van der Waals surface area contributed by atoms with Gasteiger partial charge in [-0.1, -0.05) is 37.8 Å². The topological polar surface area (TPSA) is 110 Å². The third-order valence-corrected chi connectivity index (χ3v) is 5.48.